The Hall–Kier alpha value is -0.0800. The Morgan fingerprint density at radius 2 is 2.60 bits per heavy atom. The summed E-state index contributed by atoms with van der Waals surface area (Å²) in [6.45, 7) is 4.35. The number of fused-ring (bicyclic) bond motifs is 2. The molecule has 0 radical (unpaired) electrons. The van der Waals surface area contributed by atoms with Crippen LogP contribution in [0.25, 0.3) is 0 Å². The highest BCUT2D eigenvalue weighted by Gasteiger charge is 2.56. The minimum Gasteiger partial charge on any atom is -0.369 e. The highest BCUT2D eigenvalue weighted by atomic mass is 16.6. The van der Waals surface area contributed by atoms with Crippen molar-refractivity contribution < 1.29 is 12.2 Å². The van der Waals surface area contributed by atoms with Crippen molar-refractivity contribution in [2.75, 3.05) is 6.61 Å². The van der Waals surface area contributed by atoms with Crippen LogP contribution in [0.4, 0.5) is 0 Å². The molecule has 2 bridgehead atoms. The van der Waals surface area contributed by atoms with Crippen LogP contribution in [0.2, 0.25) is 0 Å². The monoisotopic (exact) mass is 146 g/mol. The zero-order valence-electron chi connectivity index (χ0n) is 8.39. The highest BCUT2D eigenvalue weighted by molar-refractivity contribution is 5.04. The van der Waals surface area contributed by atoms with Gasteiger partial charge in [-0.25, -0.2) is 0 Å². The van der Waals surface area contributed by atoms with Crippen LogP contribution in [0, 0.1) is 0 Å². The van der Waals surface area contributed by atoms with Crippen LogP contribution in [0.1, 0.15) is 29.9 Å². The van der Waals surface area contributed by atoms with Crippen LogP contribution < -0.4 is 0 Å². The fourth-order valence-electron chi connectivity index (χ4n) is 1.66. The minimum absolute atomic E-state index is 0.0564. The molecule has 0 saturated carbocycles. The first-order chi connectivity index (χ1) is 5.55. The van der Waals surface area contributed by atoms with Crippen LogP contribution in [-0.2, 0) is 9.47 Å². The molecule has 0 aliphatic carbocycles. The van der Waals surface area contributed by atoms with Gasteiger partial charge in [0.15, 0.2) is 0 Å². The van der Waals surface area contributed by atoms with E-state index in [0.29, 0.717) is 6.61 Å². The van der Waals surface area contributed by atoms with E-state index in [9.17, 15) is 0 Å². The largest absolute Gasteiger partial charge is 0.369 e. The third kappa shape index (κ3) is 0.663. The van der Waals surface area contributed by atoms with Gasteiger partial charge in [-0.3, -0.25) is 0 Å². The van der Waals surface area contributed by atoms with Gasteiger partial charge in [0.05, 0.1) is 23.9 Å². The zero-order chi connectivity index (χ0) is 8.98. The molecule has 0 amide bonds. The lowest BCUT2D eigenvalue weighted by molar-refractivity contribution is -0.161. The summed E-state index contributed by atoms with van der Waals surface area (Å²) >= 11 is 0. The molecular formula is C8H14O2. The normalized spacial score (nSPS) is 69.8. The van der Waals surface area contributed by atoms with E-state index in [-0.39, 0.29) is 13.0 Å². The van der Waals surface area contributed by atoms with E-state index in [4.69, 9.17) is 12.2 Å². The highest BCUT2D eigenvalue weighted by Crippen LogP contribution is 2.46. The van der Waals surface area contributed by atoms with Gasteiger partial charge < -0.3 is 9.47 Å². The number of ether oxygens (including phenoxy) is 2. The second-order valence-electron chi connectivity index (χ2n) is 3.44. The predicted molar refractivity (Wildman–Crippen MR) is 37.9 cm³/mol. The second kappa shape index (κ2) is 1.56. The standard InChI is InChI=1S/C8H14O2/c1-6-8(3)4-7(2,10-6)5-9-8/h6H,4-5H2,1-3H3/t6-,7-,8+/m0/s1/i2T,4T/t4-,6+,7+,8-/m1. The molecule has 2 rings (SSSR count). The molecule has 0 aromatic carbocycles. The van der Waals surface area contributed by atoms with Gasteiger partial charge in [-0.2, -0.15) is 0 Å². The van der Waals surface area contributed by atoms with Crippen LogP contribution >= 0.6 is 0 Å². The van der Waals surface area contributed by atoms with Crippen LogP contribution in [-0.4, -0.2) is 23.9 Å². The molecule has 2 heteroatoms. The zero-order valence-corrected chi connectivity index (χ0v) is 6.39. The van der Waals surface area contributed by atoms with Crippen molar-refractivity contribution in [3.05, 3.63) is 0 Å². The Kier molecular flexibility index (Phi) is 0.739. The topological polar surface area (TPSA) is 18.5 Å². The summed E-state index contributed by atoms with van der Waals surface area (Å²) in [4.78, 5) is 0. The lowest BCUT2D eigenvalue weighted by Crippen LogP contribution is -2.38. The molecule has 2 saturated heterocycles. The summed E-state index contributed by atoms with van der Waals surface area (Å²) in [7, 11) is 0. The quantitative estimate of drug-likeness (QED) is 0.513. The van der Waals surface area contributed by atoms with Gasteiger partial charge in [-0.05, 0) is 20.7 Å². The van der Waals surface area contributed by atoms with Crippen molar-refractivity contribution in [3.63, 3.8) is 0 Å². The molecular weight excluding hydrogens is 128 g/mol. The summed E-state index contributed by atoms with van der Waals surface area (Å²) in [6.07, 6.45) is -0.461. The van der Waals surface area contributed by atoms with Crippen LogP contribution in [0.3, 0.4) is 0 Å². The average Bonchev–Trinajstić information content (AvgIpc) is 2.40. The van der Waals surface area contributed by atoms with Gasteiger partial charge in [0, 0.05) is 9.14 Å². The summed E-state index contributed by atoms with van der Waals surface area (Å²) in [5, 5.41) is 0. The Morgan fingerprint density at radius 3 is 2.90 bits per heavy atom. The van der Waals surface area contributed by atoms with E-state index < -0.39 is 17.6 Å². The van der Waals surface area contributed by atoms with E-state index in [1.807, 2.05) is 13.8 Å². The van der Waals surface area contributed by atoms with Gasteiger partial charge in [0.1, 0.15) is 0 Å². The Labute approximate surface area is 64.3 Å². The van der Waals surface area contributed by atoms with Gasteiger partial charge >= 0.3 is 0 Å². The minimum atomic E-state index is -0.645. The summed E-state index contributed by atoms with van der Waals surface area (Å²) in [6, 6.07) is 0. The molecule has 58 valence electrons. The molecule has 2 aliphatic rings. The molecule has 0 aromatic heterocycles. The second-order valence-corrected chi connectivity index (χ2v) is 3.44. The predicted octanol–water partition coefficient (Wildman–Crippen LogP) is 1.34. The molecule has 2 heterocycles. The van der Waals surface area contributed by atoms with E-state index >= 15 is 0 Å². The molecule has 0 N–H and O–H groups in total. The molecule has 0 aromatic rings. The molecule has 0 unspecified atom stereocenters. The van der Waals surface area contributed by atoms with Gasteiger partial charge in [-0.1, -0.05) is 0 Å². The summed E-state index contributed by atoms with van der Waals surface area (Å²) < 4.78 is 26.4. The van der Waals surface area contributed by atoms with Crippen LogP contribution in [0.15, 0.2) is 0 Å². The van der Waals surface area contributed by atoms with Gasteiger partial charge in [0.2, 0.25) is 0 Å². The number of hydrogen-bond donors (Lipinski definition) is 0. The lowest BCUT2D eigenvalue weighted by atomic mass is 9.95. The maximum Gasteiger partial charge on any atom is 0.0942 e. The summed E-state index contributed by atoms with van der Waals surface area (Å²) in [5.41, 5.74) is -1.13. The van der Waals surface area contributed by atoms with Gasteiger partial charge in [0.25, 0.3) is 0 Å². The third-order valence-electron chi connectivity index (χ3n) is 2.40. The van der Waals surface area contributed by atoms with Gasteiger partial charge in [-0.15, -0.1) is 0 Å². The summed E-state index contributed by atoms with van der Waals surface area (Å²) in [5.74, 6) is 0. The van der Waals surface area contributed by atoms with Crippen molar-refractivity contribution in [3.8, 4) is 0 Å². The molecule has 2 nitrogen and oxygen atoms in total. The van der Waals surface area contributed by atoms with E-state index in [1.54, 1.807) is 0 Å². The van der Waals surface area contributed by atoms with E-state index in [2.05, 4.69) is 0 Å². The first kappa shape index (κ1) is 4.73. The number of hydrogen-bond acceptors (Lipinski definition) is 2. The van der Waals surface area contributed by atoms with E-state index in [1.165, 1.54) is 0 Å². The molecule has 10 heavy (non-hydrogen) atoms. The Bertz CT molecular complexity index is 211. The first-order valence-electron chi connectivity index (χ1n) is 4.87. The maximum absolute atomic E-state index is 7.91. The van der Waals surface area contributed by atoms with Crippen LogP contribution in [0.5, 0.6) is 0 Å². The fraction of sp³-hybridized carbons (Fsp3) is 1.00. The van der Waals surface area contributed by atoms with Crippen molar-refractivity contribution >= 4 is 0 Å². The molecule has 2 fully saturated rings. The molecule has 2 aliphatic heterocycles. The molecule has 4 atom stereocenters. The first-order valence-corrected chi connectivity index (χ1v) is 3.58. The number of rotatable bonds is 0. The molecule has 0 spiro atoms. The Morgan fingerprint density at radius 1 is 1.80 bits per heavy atom. The lowest BCUT2D eigenvalue weighted by Gasteiger charge is -2.30. The van der Waals surface area contributed by atoms with Crippen molar-refractivity contribution in [1.29, 1.82) is 0 Å². The fourth-order valence-corrected chi connectivity index (χ4v) is 1.66. The smallest absolute Gasteiger partial charge is 0.0942 e. The third-order valence-corrected chi connectivity index (χ3v) is 2.40. The van der Waals surface area contributed by atoms with Crippen molar-refractivity contribution in [2.45, 2.75) is 44.5 Å². The van der Waals surface area contributed by atoms with Crippen molar-refractivity contribution in [2.24, 2.45) is 0 Å². The van der Waals surface area contributed by atoms with Crippen molar-refractivity contribution in [1.82, 2.24) is 0 Å². The average molecular weight is 146 g/mol. The van der Waals surface area contributed by atoms with E-state index in [0.717, 1.165) is 0 Å². The SMILES string of the molecule is [3H]C[C@]12CO[C@@](C)([C@H](C)O1)[C@@H]2[3H]. The maximum atomic E-state index is 7.91. The Balaban J connectivity index is 2.34.